The lowest BCUT2D eigenvalue weighted by Gasteiger charge is -2.31. The molecule has 1 saturated heterocycles. The molecular weight excluding hydrogens is 459 g/mol. The van der Waals surface area contributed by atoms with Gasteiger partial charge in [0.05, 0.1) is 39.0 Å². The maximum absolute atomic E-state index is 13.5. The summed E-state index contributed by atoms with van der Waals surface area (Å²) in [6.07, 6.45) is 2.97. The maximum atomic E-state index is 13.5. The van der Waals surface area contributed by atoms with Crippen LogP contribution < -0.4 is 0 Å². The lowest BCUT2D eigenvalue weighted by atomic mass is 9.82. The molecule has 0 radical (unpaired) electrons. The monoisotopic (exact) mass is 476 g/mol. The Morgan fingerprint density at radius 2 is 1.71 bits per heavy atom. The molecule has 5 nitrogen and oxygen atoms in total. The van der Waals surface area contributed by atoms with Crippen molar-refractivity contribution in [2.24, 2.45) is 11.8 Å². The number of hydrogen-bond donors (Lipinski definition) is 0. The number of imide groups is 1. The fourth-order valence-electron chi connectivity index (χ4n) is 4.08. The maximum Gasteiger partial charge on any atom is 0.274 e. The van der Waals surface area contributed by atoms with Gasteiger partial charge in [-0.05, 0) is 49.6 Å². The summed E-state index contributed by atoms with van der Waals surface area (Å²) < 4.78 is 0. The van der Waals surface area contributed by atoms with Crippen molar-refractivity contribution in [3.05, 3.63) is 80.3 Å². The van der Waals surface area contributed by atoms with E-state index in [9.17, 15) is 14.4 Å². The molecule has 0 N–H and O–H groups in total. The highest BCUT2D eigenvalue weighted by Gasteiger charge is 2.51. The molecule has 1 aliphatic carbocycles. The number of nitrogens with zero attached hydrogens (tertiary/aromatic N) is 2. The van der Waals surface area contributed by atoms with Crippen molar-refractivity contribution in [3.8, 4) is 0 Å². The molecule has 31 heavy (non-hydrogen) atoms. The van der Waals surface area contributed by atoms with Crippen molar-refractivity contribution in [1.29, 1.82) is 0 Å². The molecule has 2 atom stereocenters. The first-order chi connectivity index (χ1) is 14.8. The van der Waals surface area contributed by atoms with Crippen LogP contribution in [0.4, 0.5) is 0 Å². The number of amides is 3. The van der Waals surface area contributed by atoms with E-state index in [1.54, 1.807) is 42.5 Å². The first kappa shape index (κ1) is 21.9. The molecule has 0 bridgehead atoms. The van der Waals surface area contributed by atoms with Gasteiger partial charge in [0.2, 0.25) is 0 Å². The predicted molar refractivity (Wildman–Crippen MR) is 120 cm³/mol. The summed E-state index contributed by atoms with van der Waals surface area (Å²) in [5, 5.41) is 3.09. The van der Waals surface area contributed by atoms with Gasteiger partial charge in [0.25, 0.3) is 17.7 Å². The minimum absolute atomic E-state index is 0.0374. The Labute approximate surface area is 195 Å². The molecule has 0 spiro atoms. The molecule has 2 aromatic carbocycles. The lowest BCUT2D eigenvalue weighted by molar-refractivity contribution is -0.155. The summed E-state index contributed by atoms with van der Waals surface area (Å²) in [6, 6.07) is 11.5. The molecule has 8 heteroatoms. The van der Waals surface area contributed by atoms with Crippen molar-refractivity contribution in [1.82, 2.24) is 10.0 Å². The quantitative estimate of drug-likeness (QED) is 0.429. The number of carbonyl (C=O) groups is 3. The smallest absolute Gasteiger partial charge is 0.272 e. The summed E-state index contributed by atoms with van der Waals surface area (Å²) in [5.74, 6) is -2.22. The fraction of sp³-hybridized carbons (Fsp3) is 0.261. The summed E-state index contributed by atoms with van der Waals surface area (Å²) in [7, 11) is 0. The van der Waals surface area contributed by atoms with Crippen molar-refractivity contribution in [2.45, 2.75) is 26.3 Å². The van der Waals surface area contributed by atoms with E-state index in [2.05, 4.69) is 0 Å². The van der Waals surface area contributed by atoms with Gasteiger partial charge in [-0.15, -0.1) is 0 Å². The Hall–Kier alpha value is -2.34. The molecule has 0 saturated carbocycles. The molecule has 3 amide bonds. The zero-order chi connectivity index (χ0) is 22.3. The second-order valence-electron chi connectivity index (χ2n) is 7.78. The fourth-order valence-corrected chi connectivity index (χ4v) is 4.61. The van der Waals surface area contributed by atoms with E-state index in [1.807, 2.05) is 13.0 Å². The van der Waals surface area contributed by atoms with E-state index in [1.165, 1.54) is 5.01 Å². The van der Waals surface area contributed by atoms with Gasteiger partial charge in [-0.25, -0.2) is 5.01 Å². The minimum Gasteiger partial charge on any atom is -0.272 e. The Morgan fingerprint density at radius 1 is 1.00 bits per heavy atom. The number of hydrazine groups is 1. The number of allylic oxidation sites excluding steroid dienone is 2. The Bertz CT molecular complexity index is 1110. The molecule has 0 unspecified atom stereocenters. The number of benzene rings is 2. The van der Waals surface area contributed by atoms with Crippen LogP contribution >= 0.6 is 34.8 Å². The van der Waals surface area contributed by atoms with Crippen molar-refractivity contribution < 1.29 is 14.4 Å². The van der Waals surface area contributed by atoms with Crippen LogP contribution in [-0.2, 0) is 16.1 Å². The van der Waals surface area contributed by atoms with Crippen molar-refractivity contribution in [2.75, 3.05) is 0 Å². The van der Waals surface area contributed by atoms with E-state index < -0.39 is 17.7 Å². The molecule has 2 aliphatic rings. The van der Waals surface area contributed by atoms with Crippen LogP contribution in [-0.4, -0.2) is 27.7 Å². The van der Waals surface area contributed by atoms with Gasteiger partial charge in [0.15, 0.2) is 0 Å². The van der Waals surface area contributed by atoms with E-state index in [0.29, 0.717) is 28.5 Å². The van der Waals surface area contributed by atoms with Crippen LogP contribution in [0.5, 0.6) is 0 Å². The molecule has 2 aromatic rings. The molecular formula is C23H19Cl3N2O3. The normalized spacial score (nSPS) is 20.5. The first-order valence-corrected chi connectivity index (χ1v) is 10.9. The van der Waals surface area contributed by atoms with Crippen LogP contribution in [0, 0.1) is 11.8 Å². The Kier molecular flexibility index (Phi) is 6.11. The van der Waals surface area contributed by atoms with Gasteiger partial charge in [-0.3, -0.25) is 14.4 Å². The summed E-state index contributed by atoms with van der Waals surface area (Å²) in [5.41, 5.74) is 1.89. The SMILES string of the molecule is CC1=CC[C@H]2C(=O)N(N(Cc3ccc(Cl)c(Cl)c3)C(=O)c3ccccc3Cl)C(=O)[C@H]2C1. The zero-order valence-electron chi connectivity index (χ0n) is 16.6. The average Bonchev–Trinajstić information content (AvgIpc) is 2.98. The minimum atomic E-state index is -0.540. The summed E-state index contributed by atoms with van der Waals surface area (Å²) in [4.78, 5) is 40.0. The number of fused-ring (bicyclic) bond motifs is 1. The summed E-state index contributed by atoms with van der Waals surface area (Å²) >= 11 is 18.4. The number of hydrogen-bond acceptors (Lipinski definition) is 3. The van der Waals surface area contributed by atoms with Gasteiger partial charge in [-0.2, -0.15) is 5.01 Å². The van der Waals surface area contributed by atoms with Crippen LogP contribution in [0.15, 0.2) is 54.1 Å². The van der Waals surface area contributed by atoms with Crippen LogP contribution in [0.2, 0.25) is 15.1 Å². The topological polar surface area (TPSA) is 57.7 Å². The molecule has 1 aliphatic heterocycles. The highest BCUT2D eigenvalue weighted by Crippen LogP contribution is 2.39. The molecule has 1 heterocycles. The van der Waals surface area contributed by atoms with Crippen LogP contribution in [0.25, 0.3) is 0 Å². The van der Waals surface area contributed by atoms with Gasteiger partial charge >= 0.3 is 0 Å². The Morgan fingerprint density at radius 3 is 2.42 bits per heavy atom. The van der Waals surface area contributed by atoms with Gasteiger partial charge in [0.1, 0.15) is 0 Å². The third-order valence-corrected chi connectivity index (χ3v) is 6.76. The second kappa shape index (κ2) is 8.65. The predicted octanol–water partition coefficient (Wildman–Crippen LogP) is 5.55. The Balaban J connectivity index is 1.74. The van der Waals surface area contributed by atoms with Crippen LogP contribution in [0.1, 0.15) is 35.7 Å². The molecule has 1 fully saturated rings. The third kappa shape index (κ3) is 4.10. The van der Waals surface area contributed by atoms with E-state index >= 15 is 0 Å². The zero-order valence-corrected chi connectivity index (χ0v) is 18.9. The molecule has 160 valence electrons. The summed E-state index contributed by atoms with van der Waals surface area (Å²) in [6.45, 7) is 1.91. The largest absolute Gasteiger partial charge is 0.274 e. The second-order valence-corrected chi connectivity index (χ2v) is 9.00. The number of carbonyl (C=O) groups excluding carboxylic acids is 3. The van der Waals surface area contributed by atoms with E-state index in [0.717, 1.165) is 10.6 Å². The van der Waals surface area contributed by atoms with Crippen molar-refractivity contribution >= 4 is 52.5 Å². The van der Waals surface area contributed by atoms with E-state index in [-0.39, 0.29) is 28.9 Å². The lowest BCUT2D eigenvalue weighted by Crippen LogP contribution is -2.49. The standard InChI is InChI=1S/C23H19Cl3N2O3/c1-13-6-8-15-17(10-13)23(31)28(22(15)30)27(12-14-7-9-19(25)20(26)11-14)21(29)16-4-2-3-5-18(16)24/h2-7,9,11,15,17H,8,10,12H2,1H3/t15-,17+/m1/s1. The first-order valence-electron chi connectivity index (χ1n) is 9.81. The third-order valence-electron chi connectivity index (χ3n) is 5.70. The van der Waals surface area contributed by atoms with Crippen molar-refractivity contribution in [3.63, 3.8) is 0 Å². The van der Waals surface area contributed by atoms with Gasteiger partial charge in [-0.1, -0.05) is 64.7 Å². The molecule has 4 rings (SSSR count). The highest BCUT2D eigenvalue weighted by atomic mass is 35.5. The average molecular weight is 478 g/mol. The van der Waals surface area contributed by atoms with E-state index in [4.69, 9.17) is 34.8 Å². The number of halogens is 3. The van der Waals surface area contributed by atoms with Gasteiger partial charge < -0.3 is 0 Å². The number of rotatable bonds is 4. The highest BCUT2D eigenvalue weighted by molar-refractivity contribution is 6.42. The van der Waals surface area contributed by atoms with Crippen LogP contribution in [0.3, 0.4) is 0 Å². The van der Waals surface area contributed by atoms with Gasteiger partial charge in [0, 0.05) is 0 Å². The molecule has 0 aromatic heterocycles.